The molecule has 1 aliphatic carbocycles. The van der Waals surface area contributed by atoms with Crippen LogP contribution in [0.3, 0.4) is 0 Å². The maximum absolute atomic E-state index is 12.2. The third-order valence-corrected chi connectivity index (χ3v) is 3.52. The summed E-state index contributed by atoms with van der Waals surface area (Å²) in [5.74, 6) is -0.730. The molecule has 6 nitrogen and oxygen atoms in total. The number of H-pyrrole nitrogens is 1. The third kappa shape index (κ3) is 2.70. The highest BCUT2D eigenvalue weighted by Gasteiger charge is 2.31. The zero-order chi connectivity index (χ0) is 16.1. The van der Waals surface area contributed by atoms with Crippen LogP contribution in [0.15, 0.2) is 10.9 Å². The fourth-order valence-electron chi connectivity index (χ4n) is 2.32. The Morgan fingerprint density at radius 1 is 1.50 bits per heavy atom. The number of hydrogen-bond donors (Lipinski definition) is 2. The van der Waals surface area contributed by atoms with Gasteiger partial charge in [0.15, 0.2) is 5.65 Å². The van der Waals surface area contributed by atoms with E-state index in [9.17, 15) is 22.8 Å². The van der Waals surface area contributed by atoms with Crippen LogP contribution in [0.2, 0.25) is 0 Å². The van der Waals surface area contributed by atoms with Crippen molar-refractivity contribution in [3.63, 3.8) is 0 Å². The second-order valence-electron chi connectivity index (χ2n) is 5.37. The van der Waals surface area contributed by atoms with Gasteiger partial charge in [0, 0.05) is 18.7 Å². The van der Waals surface area contributed by atoms with E-state index in [4.69, 9.17) is 0 Å². The van der Waals surface area contributed by atoms with Crippen molar-refractivity contribution >= 4 is 16.9 Å². The molecule has 0 atom stereocenters. The van der Waals surface area contributed by atoms with Crippen LogP contribution in [0.25, 0.3) is 11.0 Å². The van der Waals surface area contributed by atoms with Crippen LogP contribution in [0, 0.1) is 0 Å². The third-order valence-electron chi connectivity index (χ3n) is 3.52. The summed E-state index contributed by atoms with van der Waals surface area (Å²) in [6.45, 7) is -1.45. The first-order valence-electron chi connectivity index (χ1n) is 6.71. The lowest BCUT2D eigenvalue weighted by molar-refractivity contribution is -0.123. The Labute approximate surface area is 122 Å². The summed E-state index contributed by atoms with van der Waals surface area (Å²) in [7, 11) is 1.56. The summed E-state index contributed by atoms with van der Waals surface area (Å²) < 4.78 is 38.1. The van der Waals surface area contributed by atoms with Crippen LogP contribution in [0.1, 0.15) is 34.8 Å². The van der Waals surface area contributed by atoms with E-state index in [0.717, 1.165) is 12.8 Å². The van der Waals surface area contributed by atoms with Crippen molar-refractivity contribution in [1.82, 2.24) is 20.1 Å². The lowest BCUT2D eigenvalue weighted by Crippen LogP contribution is -2.34. The molecule has 118 valence electrons. The predicted octanol–water partition coefficient (Wildman–Crippen LogP) is 1.43. The van der Waals surface area contributed by atoms with Crippen molar-refractivity contribution in [3.05, 3.63) is 27.7 Å². The number of amides is 1. The molecule has 1 fully saturated rings. The molecule has 0 bridgehead atoms. The maximum atomic E-state index is 12.2. The van der Waals surface area contributed by atoms with E-state index in [2.05, 4.69) is 10.1 Å². The molecule has 2 aromatic rings. The highest BCUT2D eigenvalue weighted by atomic mass is 19.4. The van der Waals surface area contributed by atoms with Crippen LogP contribution in [0.4, 0.5) is 13.2 Å². The van der Waals surface area contributed by atoms with Gasteiger partial charge >= 0.3 is 6.18 Å². The first kappa shape index (κ1) is 14.6. The zero-order valence-corrected chi connectivity index (χ0v) is 11.6. The number of nitrogens with one attached hydrogen (secondary N) is 2. The van der Waals surface area contributed by atoms with E-state index in [1.165, 1.54) is 10.7 Å². The number of pyridine rings is 1. The summed E-state index contributed by atoms with van der Waals surface area (Å²) in [6.07, 6.45) is -2.68. The second kappa shape index (κ2) is 4.85. The molecule has 22 heavy (non-hydrogen) atoms. The van der Waals surface area contributed by atoms with Gasteiger partial charge in [-0.3, -0.25) is 19.4 Å². The monoisotopic (exact) mass is 314 g/mol. The average Bonchev–Trinajstić information content (AvgIpc) is 3.23. The molecule has 0 spiro atoms. The van der Waals surface area contributed by atoms with Gasteiger partial charge in [0.2, 0.25) is 0 Å². The van der Waals surface area contributed by atoms with E-state index < -0.39 is 24.2 Å². The van der Waals surface area contributed by atoms with E-state index >= 15 is 0 Å². The van der Waals surface area contributed by atoms with Gasteiger partial charge in [0.25, 0.3) is 11.5 Å². The van der Waals surface area contributed by atoms with Gasteiger partial charge in [-0.1, -0.05) is 0 Å². The zero-order valence-electron chi connectivity index (χ0n) is 11.6. The first-order chi connectivity index (χ1) is 10.3. The number of carbonyl (C=O) groups is 1. The van der Waals surface area contributed by atoms with Crippen LogP contribution in [0.5, 0.6) is 0 Å². The number of aromatic nitrogens is 3. The fourth-order valence-corrected chi connectivity index (χ4v) is 2.32. The van der Waals surface area contributed by atoms with Crippen molar-refractivity contribution in [2.24, 2.45) is 7.05 Å². The molecule has 0 saturated heterocycles. The van der Waals surface area contributed by atoms with Gasteiger partial charge in [-0.15, -0.1) is 0 Å². The van der Waals surface area contributed by atoms with E-state index in [1.54, 1.807) is 12.4 Å². The molecule has 0 aromatic carbocycles. The number of aromatic amines is 1. The lowest BCUT2D eigenvalue weighted by Gasteiger charge is -2.10. The molecule has 0 unspecified atom stereocenters. The standard InChI is InChI=1S/C13H13F3N4O2/c1-20-10-9(12(22)19-20)7(4-8(18-10)6-2-3-6)11(21)17-5-13(14,15)16/h4,6H,2-3,5H2,1H3,(H,17,21)(H,19,22). The van der Waals surface area contributed by atoms with Gasteiger partial charge in [-0.2, -0.15) is 13.2 Å². The van der Waals surface area contributed by atoms with E-state index in [1.807, 2.05) is 0 Å². The van der Waals surface area contributed by atoms with E-state index in [-0.39, 0.29) is 22.5 Å². The summed E-state index contributed by atoms with van der Waals surface area (Å²) in [4.78, 5) is 28.3. The molecule has 2 aromatic heterocycles. The Kier molecular flexibility index (Phi) is 3.22. The van der Waals surface area contributed by atoms with Crippen LogP contribution in [-0.2, 0) is 7.05 Å². The number of aryl methyl sites for hydroxylation is 1. The number of alkyl halides is 3. The minimum atomic E-state index is -4.51. The van der Waals surface area contributed by atoms with Crippen LogP contribution >= 0.6 is 0 Å². The van der Waals surface area contributed by atoms with Crippen molar-refractivity contribution in [3.8, 4) is 0 Å². The van der Waals surface area contributed by atoms with Crippen LogP contribution < -0.4 is 10.9 Å². The topological polar surface area (TPSA) is 79.8 Å². The molecule has 0 aliphatic heterocycles. The quantitative estimate of drug-likeness (QED) is 0.899. The van der Waals surface area contributed by atoms with Crippen molar-refractivity contribution < 1.29 is 18.0 Å². The summed E-state index contributed by atoms with van der Waals surface area (Å²) in [5.41, 5.74) is 0.272. The minimum Gasteiger partial charge on any atom is -0.343 e. The van der Waals surface area contributed by atoms with Gasteiger partial charge in [-0.25, -0.2) is 4.98 Å². The summed E-state index contributed by atoms with van der Waals surface area (Å²) in [6, 6.07) is 1.42. The molecular formula is C13H13F3N4O2. The predicted molar refractivity (Wildman–Crippen MR) is 71.7 cm³/mol. The smallest absolute Gasteiger partial charge is 0.343 e. The van der Waals surface area contributed by atoms with Crippen molar-refractivity contribution in [2.45, 2.75) is 24.9 Å². The average molecular weight is 314 g/mol. The van der Waals surface area contributed by atoms with Gasteiger partial charge in [0.05, 0.1) is 10.9 Å². The molecule has 1 saturated carbocycles. The minimum absolute atomic E-state index is 0.00609. The number of fused-ring (bicyclic) bond motifs is 1. The lowest BCUT2D eigenvalue weighted by atomic mass is 10.1. The summed E-state index contributed by atoms with van der Waals surface area (Å²) >= 11 is 0. The Balaban J connectivity index is 2.06. The van der Waals surface area contributed by atoms with Crippen molar-refractivity contribution in [1.29, 1.82) is 0 Å². The Hall–Kier alpha value is -2.32. The molecule has 1 amide bonds. The first-order valence-corrected chi connectivity index (χ1v) is 6.71. The van der Waals surface area contributed by atoms with Gasteiger partial charge < -0.3 is 5.32 Å². The Morgan fingerprint density at radius 3 is 2.77 bits per heavy atom. The van der Waals surface area contributed by atoms with Crippen LogP contribution in [-0.4, -0.2) is 33.4 Å². The largest absolute Gasteiger partial charge is 0.405 e. The number of carbonyl (C=O) groups excluding carboxylic acids is 1. The maximum Gasteiger partial charge on any atom is 0.405 e. The fraction of sp³-hybridized carbons (Fsp3) is 0.462. The SMILES string of the molecule is Cn1[nH]c(=O)c2c(C(=O)NCC(F)(F)F)cc(C3CC3)nc21. The molecular weight excluding hydrogens is 301 g/mol. The Morgan fingerprint density at radius 2 is 2.18 bits per heavy atom. The molecule has 2 N–H and O–H groups in total. The summed E-state index contributed by atoms with van der Waals surface area (Å²) in [5, 5.41) is 4.27. The van der Waals surface area contributed by atoms with Gasteiger partial charge in [-0.05, 0) is 18.9 Å². The highest BCUT2D eigenvalue weighted by molar-refractivity contribution is 6.05. The number of rotatable bonds is 3. The second-order valence-corrected chi connectivity index (χ2v) is 5.37. The molecule has 2 heterocycles. The highest BCUT2D eigenvalue weighted by Crippen LogP contribution is 2.39. The van der Waals surface area contributed by atoms with Gasteiger partial charge in [0.1, 0.15) is 6.54 Å². The molecule has 9 heteroatoms. The Bertz CT molecular complexity index is 802. The number of nitrogens with zero attached hydrogens (tertiary/aromatic N) is 2. The normalized spacial score (nSPS) is 15.3. The number of halogens is 3. The molecule has 3 rings (SSSR count). The van der Waals surface area contributed by atoms with Crippen molar-refractivity contribution in [2.75, 3.05) is 6.54 Å². The van der Waals surface area contributed by atoms with E-state index in [0.29, 0.717) is 5.69 Å². The number of hydrogen-bond acceptors (Lipinski definition) is 3. The molecule has 1 aliphatic rings. The molecule has 0 radical (unpaired) electrons.